The third kappa shape index (κ3) is 2.75. The molecule has 0 amide bonds. The van der Waals surface area contributed by atoms with Crippen molar-refractivity contribution in [2.24, 2.45) is 15.6 Å². The standard InChI is InChI=1S/C21H25N3O3S/c1-5-21(13-7-6-8-14(9-13)28(4,26)27)15-12-22-24-19(15)23-16-10-20(2,3)11-17(25)18(16)21/h6-9,12,19,23H,5,10-11H2,1-4H3. The highest BCUT2D eigenvalue weighted by atomic mass is 32.2. The molecule has 0 saturated carbocycles. The summed E-state index contributed by atoms with van der Waals surface area (Å²) in [5.74, 6) is 0.108. The van der Waals surface area contributed by atoms with E-state index in [0.717, 1.165) is 28.8 Å². The number of carbonyl (C=O) groups excluding carboxylic acids is 1. The number of sulfone groups is 1. The van der Waals surface area contributed by atoms with E-state index in [-0.39, 0.29) is 22.3 Å². The quantitative estimate of drug-likeness (QED) is 0.840. The molecule has 2 aliphatic heterocycles. The second kappa shape index (κ2) is 6.11. The van der Waals surface area contributed by atoms with Crippen LogP contribution in [-0.4, -0.2) is 26.6 Å². The number of fused-ring (bicyclic) bond motifs is 1. The number of carbonyl (C=O) groups is 1. The first-order valence-corrected chi connectivity index (χ1v) is 11.4. The Bertz CT molecular complexity index is 1070. The van der Waals surface area contributed by atoms with Crippen LogP contribution in [-0.2, 0) is 20.0 Å². The number of hydrogen-bond donors (Lipinski definition) is 1. The molecule has 1 aliphatic carbocycles. The summed E-state index contributed by atoms with van der Waals surface area (Å²) < 4.78 is 24.4. The smallest absolute Gasteiger partial charge is 0.175 e. The van der Waals surface area contributed by atoms with Gasteiger partial charge in [0.2, 0.25) is 0 Å². The zero-order valence-corrected chi connectivity index (χ0v) is 17.4. The molecule has 0 fully saturated rings. The molecule has 0 aromatic heterocycles. The maximum absolute atomic E-state index is 13.4. The second-order valence-corrected chi connectivity index (χ2v) is 10.7. The minimum absolute atomic E-state index is 0.108. The summed E-state index contributed by atoms with van der Waals surface area (Å²) >= 11 is 0. The van der Waals surface area contributed by atoms with Crippen molar-refractivity contribution in [1.82, 2.24) is 5.32 Å². The number of azo groups is 1. The lowest BCUT2D eigenvalue weighted by Crippen LogP contribution is -2.51. The molecule has 0 bridgehead atoms. The highest BCUT2D eigenvalue weighted by molar-refractivity contribution is 7.90. The third-order valence-corrected chi connectivity index (χ3v) is 7.17. The van der Waals surface area contributed by atoms with E-state index in [0.29, 0.717) is 12.8 Å². The number of ketones is 1. The molecule has 6 nitrogen and oxygen atoms in total. The van der Waals surface area contributed by atoms with Crippen LogP contribution in [0.4, 0.5) is 0 Å². The lowest BCUT2D eigenvalue weighted by Gasteiger charge is -2.47. The zero-order valence-electron chi connectivity index (χ0n) is 16.6. The van der Waals surface area contributed by atoms with Gasteiger partial charge in [0.15, 0.2) is 21.8 Å². The van der Waals surface area contributed by atoms with Crippen LogP contribution in [0.3, 0.4) is 0 Å². The van der Waals surface area contributed by atoms with Crippen LogP contribution in [0.2, 0.25) is 0 Å². The largest absolute Gasteiger partial charge is 0.362 e. The zero-order chi connectivity index (χ0) is 20.3. The average molecular weight is 400 g/mol. The van der Waals surface area contributed by atoms with Crippen molar-refractivity contribution in [1.29, 1.82) is 0 Å². The lowest BCUT2D eigenvalue weighted by atomic mass is 9.59. The van der Waals surface area contributed by atoms with Crippen LogP contribution in [0.25, 0.3) is 0 Å². The Hall–Kier alpha value is -2.28. The molecule has 1 aromatic rings. The van der Waals surface area contributed by atoms with Crippen LogP contribution in [0.1, 0.15) is 45.6 Å². The van der Waals surface area contributed by atoms with Crippen molar-refractivity contribution >= 4 is 15.6 Å². The Morgan fingerprint density at radius 3 is 2.68 bits per heavy atom. The van der Waals surface area contributed by atoms with Gasteiger partial charge >= 0.3 is 0 Å². The van der Waals surface area contributed by atoms with Gasteiger partial charge in [-0.2, -0.15) is 10.2 Å². The van der Waals surface area contributed by atoms with Crippen molar-refractivity contribution in [3.05, 3.63) is 52.9 Å². The monoisotopic (exact) mass is 399 g/mol. The molecule has 7 heteroatoms. The SMILES string of the molecule is CCC1(c2cccc(S(C)(=O)=O)c2)C2=CN=NC2NC2=C1C(=O)CC(C)(C)C2. The molecule has 148 valence electrons. The summed E-state index contributed by atoms with van der Waals surface area (Å²) in [5.41, 5.74) is 2.53. The fourth-order valence-electron chi connectivity index (χ4n) is 4.88. The molecule has 0 spiro atoms. The molecule has 0 saturated heterocycles. The van der Waals surface area contributed by atoms with E-state index in [1.165, 1.54) is 6.26 Å². The molecule has 4 rings (SSSR count). The summed E-state index contributed by atoms with van der Waals surface area (Å²) in [6.07, 6.45) is 4.45. The van der Waals surface area contributed by atoms with Crippen molar-refractivity contribution in [2.75, 3.05) is 6.26 Å². The van der Waals surface area contributed by atoms with Gasteiger partial charge in [0.1, 0.15) is 0 Å². The Morgan fingerprint density at radius 2 is 2.00 bits per heavy atom. The highest BCUT2D eigenvalue weighted by Gasteiger charge is 2.53. The van der Waals surface area contributed by atoms with Gasteiger partial charge in [-0.15, -0.1) is 0 Å². The highest BCUT2D eigenvalue weighted by Crippen LogP contribution is 2.53. The molecule has 1 aromatic carbocycles. The van der Waals surface area contributed by atoms with E-state index < -0.39 is 15.3 Å². The van der Waals surface area contributed by atoms with Crippen LogP contribution in [0.15, 0.2) is 62.4 Å². The van der Waals surface area contributed by atoms with Crippen molar-refractivity contribution < 1.29 is 13.2 Å². The number of Topliss-reactive ketones (excluding diaryl/α,β-unsaturated/α-hetero) is 1. The van der Waals surface area contributed by atoms with Crippen molar-refractivity contribution in [3.8, 4) is 0 Å². The molecular formula is C21H25N3O3S. The van der Waals surface area contributed by atoms with E-state index in [4.69, 9.17) is 0 Å². The third-order valence-electron chi connectivity index (χ3n) is 6.06. The normalized spacial score (nSPS) is 28.5. The first-order chi connectivity index (χ1) is 13.1. The predicted molar refractivity (Wildman–Crippen MR) is 106 cm³/mol. The van der Waals surface area contributed by atoms with Gasteiger partial charge in [0.05, 0.1) is 16.5 Å². The fourth-order valence-corrected chi connectivity index (χ4v) is 5.55. The van der Waals surface area contributed by atoms with E-state index >= 15 is 0 Å². The topological polar surface area (TPSA) is 88.0 Å². The molecule has 0 radical (unpaired) electrons. The maximum atomic E-state index is 13.4. The van der Waals surface area contributed by atoms with Crippen LogP contribution in [0, 0.1) is 5.41 Å². The summed E-state index contributed by atoms with van der Waals surface area (Å²) in [6, 6.07) is 6.97. The number of nitrogens with zero attached hydrogens (tertiary/aromatic N) is 2. The van der Waals surface area contributed by atoms with E-state index in [2.05, 4.69) is 29.4 Å². The van der Waals surface area contributed by atoms with Crippen molar-refractivity contribution in [3.63, 3.8) is 0 Å². The first-order valence-electron chi connectivity index (χ1n) is 9.53. The van der Waals surface area contributed by atoms with Crippen molar-refractivity contribution in [2.45, 2.75) is 56.5 Å². The van der Waals surface area contributed by atoms with Gasteiger partial charge in [-0.1, -0.05) is 32.9 Å². The summed E-state index contributed by atoms with van der Waals surface area (Å²) in [6.45, 7) is 6.22. The summed E-state index contributed by atoms with van der Waals surface area (Å²) in [4.78, 5) is 13.6. The van der Waals surface area contributed by atoms with Gasteiger partial charge in [-0.25, -0.2) is 8.42 Å². The number of nitrogens with one attached hydrogen (secondary N) is 1. The minimum Gasteiger partial charge on any atom is -0.362 e. The fraction of sp³-hybridized carbons (Fsp3) is 0.476. The number of hydrogen-bond acceptors (Lipinski definition) is 6. The Kier molecular flexibility index (Phi) is 4.16. The van der Waals surface area contributed by atoms with Gasteiger partial charge in [-0.05, 0) is 36.0 Å². The molecule has 2 heterocycles. The maximum Gasteiger partial charge on any atom is 0.175 e. The van der Waals surface area contributed by atoms with E-state index in [1.54, 1.807) is 24.4 Å². The minimum atomic E-state index is -3.37. The molecule has 28 heavy (non-hydrogen) atoms. The number of allylic oxidation sites excluding steroid dienone is 2. The van der Waals surface area contributed by atoms with Gasteiger partial charge < -0.3 is 5.32 Å². The average Bonchev–Trinajstić information content (AvgIpc) is 3.06. The first kappa shape index (κ1) is 19.1. The molecule has 1 N–H and O–H groups in total. The summed E-state index contributed by atoms with van der Waals surface area (Å²) in [5, 5.41) is 11.9. The Labute approximate surface area is 165 Å². The Morgan fingerprint density at radius 1 is 1.25 bits per heavy atom. The predicted octanol–water partition coefficient (Wildman–Crippen LogP) is 3.66. The van der Waals surface area contributed by atoms with Gasteiger partial charge in [-0.3, -0.25) is 4.79 Å². The molecule has 3 aliphatic rings. The van der Waals surface area contributed by atoms with Gasteiger partial charge in [0.25, 0.3) is 0 Å². The number of rotatable bonds is 3. The lowest BCUT2D eigenvalue weighted by molar-refractivity contribution is -0.119. The van der Waals surface area contributed by atoms with Crippen LogP contribution in [0.5, 0.6) is 0 Å². The van der Waals surface area contributed by atoms with Crippen LogP contribution >= 0.6 is 0 Å². The summed E-state index contributed by atoms with van der Waals surface area (Å²) in [7, 11) is -3.37. The van der Waals surface area contributed by atoms with Crippen LogP contribution < -0.4 is 5.32 Å². The second-order valence-electron chi connectivity index (χ2n) is 8.72. The molecular weight excluding hydrogens is 374 g/mol. The molecule has 2 atom stereocenters. The Balaban J connectivity index is 2.01. The van der Waals surface area contributed by atoms with E-state index in [9.17, 15) is 13.2 Å². The van der Waals surface area contributed by atoms with E-state index in [1.807, 2.05) is 13.0 Å². The van der Waals surface area contributed by atoms with Gasteiger partial charge in [0, 0.05) is 29.5 Å². The number of benzene rings is 1. The molecule has 2 unspecified atom stereocenters.